The molecule has 4 rings (SSSR count). The number of aliphatic hydroxyl groups excluding tert-OH is 1. The Bertz CT molecular complexity index is 843. The fourth-order valence-electron chi connectivity index (χ4n) is 9.20. The van der Waals surface area contributed by atoms with E-state index in [1.165, 1.54) is 36.8 Å². The Morgan fingerprint density at radius 1 is 1.06 bits per heavy atom. The lowest BCUT2D eigenvalue weighted by molar-refractivity contribution is -0.140. The zero-order valence-corrected chi connectivity index (χ0v) is 22.1. The van der Waals surface area contributed by atoms with Crippen molar-refractivity contribution >= 4 is 5.78 Å². The van der Waals surface area contributed by atoms with Crippen LogP contribution in [-0.2, 0) is 4.79 Å². The fourth-order valence-corrected chi connectivity index (χ4v) is 9.20. The molecule has 4 aliphatic carbocycles. The van der Waals surface area contributed by atoms with Gasteiger partial charge in [-0.1, -0.05) is 64.3 Å². The van der Waals surface area contributed by atoms with Gasteiger partial charge in [0.1, 0.15) is 5.78 Å². The topological polar surface area (TPSA) is 37.3 Å². The van der Waals surface area contributed by atoms with Crippen LogP contribution in [0.2, 0.25) is 0 Å². The smallest absolute Gasteiger partial charge is 0.143 e. The molecule has 0 saturated heterocycles. The third-order valence-corrected chi connectivity index (χ3v) is 11.5. The van der Waals surface area contributed by atoms with E-state index in [2.05, 4.69) is 61.5 Å². The van der Waals surface area contributed by atoms with E-state index in [4.69, 9.17) is 0 Å². The minimum atomic E-state index is -0.222. The van der Waals surface area contributed by atoms with E-state index in [1.807, 2.05) is 0 Å². The first kappa shape index (κ1) is 24.2. The van der Waals surface area contributed by atoms with E-state index in [-0.39, 0.29) is 27.8 Å². The number of carbonyl (C=O) groups excluding carboxylic acids is 1. The van der Waals surface area contributed by atoms with Crippen molar-refractivity contribution in [1.82, 2.24) is 0 Å². The summed E-state index contributed by atoms with van der Waals surface area (Å²) < 4.78 is 0. The summed E-state index contributed by atoms with van der Waals surface area (Å²) in [6, 6.07) is 0. The van der Waals surface area contributed by atoms with Crippen molar-refractivity contribution in [2.24, 2.45) is 39.4 Å². The van der Waals surface area contributed by atoms with Gasteiger partial charge < -0.3 is 5.11 Å². The summed E-state index contributed by atoms with van der Waals surface area (Å²) in [6.07, 6.45) is 11.7. The predicted octanol–water partition coefficient (Wildman–Crippen LogP) is 7.66. The Kier molecular flexibility index (Phi) is 5.93. The predicted molar refractivity (Wildman–Crippen MR) is 133 cm³/mol. The number of ketones is 1. The summed E-state index contributed by atoms with van der Waals surface area (Å²) in [4.78, 5) is 14.1. The Balaban J connectivity index is 1.71. The molecule has 180 valence electrons. The van der Waals surface area contributed by atoms with Gasteiger partial charge in [0.05, 0.1) is 6.10 Å². The van der Waals surface area contributed by atoms with E-state index in [9.17, 15) is 9.90 Å². The maximum absolute atomic E-state index is 14.1. The summed E-state index contributed by atoms with van der Waals surface area (Å²) >= 11 is 0. The van der Waals surface area contributed by atoms with Crippen molar-refractivity contribution in [1.29, 1.82) is 0 Å². The van der Waals surface area contributed by atoms with Gasteiger partial charge in [-0.25, -0.2) is 0 Å². The largest absolute Gasteiger partial charge is 0.393 e. The van der Waals surface area contributed by atoms with Gasteiger partial charge in [-0.2, -0.15) is 0 Å². The Morgan fingerprint density at radius 3 is 2.41 bits per heavy atom. The number of fused-ring (bicyclic) bond motifs is 4. The van der Waals surface area contributed by atoms with Gasteiger partial charge in [-0.15, -0.1) is 0 Å². The van der Waals surface area contributed by atoms with Crippen LogP contribution in [0.25, 0.3) is 0 Å². The van der Waals surface area contributed by atoms with Gasteiger partial charge in [-0.3, -0.25) is 4.79 Å². The van der Waals surface area contributed by atoms with Crippen LogP contribution in [0.1, 0.15) is 113 Å². The van der Waals surface area contributed by atoms with Crippen molar-refractivity contribution in [3.63, 3.8) is 0 Å². The summed E-state index contributed by atoms with van der Waals surface area (Å²) in [5.74, 6) is 2.06. The van der Waals surface area contributed by atoms with Gasteiger partial charge >= 0.3 is 0 Å². The van der Waals surface area contributed by atoms with Gasteiger partial charge in [0.25, 0.3) is 0 Å². The summed E-state index contributed by atoms with van der Waals surface area (Å²) in [5, 5.41) is 10.8. The van der Waals surface area contributed by atoms with E-state index in [1.54, 1.807) is 5.57 Å². The van der Waals surface area contributed by atoms with Crippen molar-refractivity contribution in [2.75, 3.05) is 0 Å². The molecule has 0 heterocycles. The number of rotatable bonds is 4. The van der Waals surface area contributed by atoms with Crippen LogP contribution in [0, 0.1) is 39.4 Å². The standard InChI is InChI=1S/C30H48O2/c1-19(2)10-9-11-20(3)21-14-17-29(7)22-12-13-24-27(4,5)25(31)15-16-28(24,6)23(22)18-26(32)30(21,29)8/h10,20-21,24-25,31H,9,11-18H2,1-8H3. The Morgan fingerprint density at radius 2 is 1.75 bits per heavy atom. The number of hydrogen-bond donors (Lipinski definition) is 1. The van der Waals surface area contributed by atoms with Crippen LogP contribution in [0.5, 0.6) is 0 Å². The molecular weight excluding hydrogens is 392 g/mol. The van der Waals surface area contributed by atoms with E-state index < -0.39 is 0 Å². The molecule has 4 aliphatic rings. The molecule has 0 radical (unpaired) electrons. The average Bonchev–Trinajstić information content (AvgIpc) is 2.99. The number of aliphatic hydroxyl groups is 1. The molecule has 1 N–H and O–H groups in total. The minimum absolute atomic E-state index is 0.0152. The molecule has 7 unspecified atom stereocenters. The van der Waals surface area contributed by atoms with Gasteiger partial charge in [-0.05, 0) is 93.8 Å². The molecular formula is C30H48O2. The molecule has 7 atom stereocenters. The zero-order valence-electron chi connectivity index (χ0n) is 22.1. The SMILES string of the molecule is CC(C)=CCCC(C)C1CCC2(C)C3=C(CC(=O)C12C)C1(C)CCC(O)C(C)(C)C1CC3. The lowest BCUT2D eigenvalue weighted by Crippen LogP contribution is -2.57. The Labute approximate surface area is 197 Å². The van der Waals surface area contributed by atoms with Crippen LogP contribution >= 0.6 is 0 Å². The third-order valence-electron chi connectivity index (χ3n) is 11.5. The first-order chi connectivity index (χ1) is 14.8. The van der Waals surface area contributed by atoms with Crippen LogP contribution in [0.3, 0.4) is 0 Å². The average molecular weight is 441 g/mol. The third kappa shape index (κ3) is 3.18. The van der Waals surface area contributed by atoms with E-state index in [0.29, 0.717) is 30.0 Å². The maximum Gasteiger partial charge on any atom is 0.143 e. The molecule has 0 aromatic heterocycles. The van der Waals surface area contributed by atoms with Crippen LogP contribution in [-0.4, -0.2) is 17.0 Å². The Hall–Kier alpha value is -0.890. The first-order valence-electron chi connectivity index (χ1n) is 13.4. The monoisotopic (exact) mass is 440 g/mol. The first-order valence-corrected chi connectivity index (χ1v) is 13.4. The van der Waals surface area contributed by atoms with Crippen LogP contribution < -0.4 is 0 Å². The highest BCUT2D eigenvalue weighted by atomic mass is 16.3. The second-order valence-electron chi connectivity index (χ2n) is 13.5. The zero-order chi connectivity index (χ0) is 23.7. The summed E-state index contributed by atoms with van der Waals surface area (Å²) in [5.41, 5.74) is 4.34. The summed E-state index contributed by atoms with van der Waals surface area (Å²) in [6.45, 7) is 18.5. The van der Waals surface area contributed by atoms with E-state index >= 15 is 0 Å². The van der Waals surface area contributed by atoms with Gasteiger partial charge in [0.2, 0.25) is 0 Å². The molecule has 2 heteroatoms. The number of hydrogen-bond acceptors (Lipinski definition) is 2. The number of carbonyl (C=O) groups is 1. The molecule has 2 saturated carbocycles. The van der Waals surface area contributed by atoms with Gasteiger partial charge in [0.15, 0.2) is 0 Å². The van der Waals surface area contributed by atoms with Crippen molar-refractivity contribution in [3.05, 3.63) is 22.8 Å². The molecule has 32 heavy (non-hydrogen) atoms. The highest BCUT2D eigenvalue weighted by molar-refractivity contribution is 5.91. The van der Waals surface area contributed by atoms with Crippen LogP contribution in [0.4, 0.5) is 0 Å². The lowest BCUT2D eigenvalue weighted by atomic mass is 9.43. The molecule has 0 amide bonds. The van der Waals surface area contributed by atoms with Crippen LogP contribution in [0.15, 0.2) is 22.8 Å². The van der Waals surface area contributed by atoms with E-state index in [0.717, 1.165) is 25.7 Å². The van der Waals surface area contributed by atoms with Crippen molar-refractivity contribution < 1.29 is 9.90 Å². The van der Waals surface area contributed by atoms with Crippen molar-refractivity contribution in [3.8, 4) is 0 Å². The molecule has 2 fully saturated rings. The molecule has 2 nitrogen and oxygen atoms in total. The maximum atomic E-state index is 14.1. The minimum Gasteiger partial charge on any atom is -0.393 e. The van der Waals surface area contributed by atoms with Crippen molar-refractivity contribution in [2.45, 2.75) is 119 Å². The second-order valence-corrected chi connectivity index (χ2v) is 13.5. The molecule has 0 aromatic rings. The highest BCUT2D eigenvalue weighted by Crippen LogP contribution is 2.71. The number of Topliss-reactive ketones (excluding diaryl/α,β-unsaturated/α-hetero) is 1. The second kappa shape index (κ2) is 7.82. The molecule has 0 aromatic carbocycles. The molecule has 0 bridgehead atoms. The van der Waals surface area contributed by atoms with Gasteiger partial charge in [0, 0.05) is 17.3 Å². The number of allylic oxidation sites excluding steroid dienone is 4. The lowest BCUT2D eigenvalue weighted by Gasteiger charge is -2.61. The normalized spacial score (nSPS) is 43.9. The fraction of sp³-hybridized carbons (Fsp3) is 0.833. The molecule has 0 spiro atoms. The highest BCUT2D eigenvalue weighted by Gasteiger charge is 2.66. The molecule has 0 aliphatic heterocycles. The summed E-state index contributed by atoms with van der Waals surface area (Å²) in [7, 11) is 0. The quantitative estimate of drug-likeness (QED) is 0.456.